The Hall–Kier alpha value is -3.59. The SMILES string of the molecule is Cc1ccc(-c2nc(C(=O)N[C@H]3COc4cccnc4N(C)C3=O)ncc2Cl)c(F)c1. The van der Waals surface area contributed by atoms with Gasteiger partial charge in [0.1, 0.15) is 18.5 Å². The molecule has 8 nitrogen and oxygen atoms in total. The first kappa shape index (κ1) is 20.7. The molecule has 0 aliphatic carbocycles. The van der Waals surface area contributed by atoms with E-state index in [4.69, 9.17) is 16.3 Å². The van der Waals surface area contributed by atoms with E-state index >= 15 is 0 Å². The molecule has 0 saturated carbocycles. The van der Waals surface area contributed by atoms with Crippen LogP contribution in [-0.2, 0) is 4.79 Å². The maximum absolute atomic E-state index is 14.4. The summed E-state index contributed by atoms with van der Waals surface area (Å²) in [6, 6.07) is 6.95. The van der Waals surface area contributed by atoms with Crippen molar-refractivity contribution >= 4 is 29.2 Å². The van der Waals surface area contributed by atoms with Gasteiger partial charge in [0.25, 0.3) is 11.8 Å². The number of aryl methyl sites for hydroxylation is 1. The van der Waals surface area contributed by atoms with E-state index in [0.717, 1.165) is 5.56 Å². The Bertz CT molecular complexity index is 1190. The molecule has 10 heteroatoms. The first-order valence-corrected chi connectivity index (χ1v) is 9.68. The van der Waals surface area contributed by atoms with Gasteiger partial charge in [-0.15, -0.1) is 0 Å². The molecule has 2 aromatic heterocycles. The van der Waals surface area contributed by atoms with E-state index in [0.29, 0.717) is 11.6 Å². The van der Waals surface area contributed by atoms with Crippen molar-refractivity contribution in [3.05, 3.63) is 65.0 Å². The summed E-state index contributed by atoms with van der Waals surface area (Å²) in [5.74, 6) is -1.13. The number of carbonyl (C=O) groups is 2. The third-order valence-electron chi connectivity index (χ3n) is 4.73. The molecule has 1 N–H and O–H groups in total. The molecular weight excluding hydrogens is 425 g/mol. The molecule has 31 heavy (non-hydrogen) atoms. The first-order chi connectivity index (χ1) is 14.8. The maximum atomic E-state index is 14.4. The number of rotatable bonds is 3. The monoisotopic (exact) mass is 441 g/mol. The number of amides is 2. The number of benzene rings is 1. The van der Waals surface area contributed by atoms with Gasteiger partial charge < -0.3 is 10.1 Å². The van der Waals surface area contributed by atoms with Crippen LogP contribution < -0.4 is 15.0 Å². The quantitative estimate of drug-likeness (QED) is 0.671. The third kappa shape index (κ3) is 4.04. The number of nitrogens with zero attached hydrogens (tertiary/aromatic N) is 4. The summed E-state index contributed by atoms with van der Waals surface area (Å²) in [5.41, 5.74) is 0.953. The van der Waals surface area contributed by atoms with Crippen molar-refractivity contribution in [3.63, 3.8) is 0 Å². The fourth-order valence-electron chi connectivity index (χ4n) is 3.13. The number of anilines is 1. The van der Waals surface area contributed by atoms with Gasteiger partial charge in [-0.05, 0) is 36.8 Å². The average molecular weight is 442 g/mol. The van der Waals surface area contributed by atoms with Gasteiger partial charge in [-0.2, -0.15) is 0 Å². The zero-order chi connectivity index (χ0) is 22.1. The predicted molar refractivity (Wildman–Crippen MR) is 112 cm³/mol. The van der Waals surface area contributed by atoms with Gasteiger partial charge in [0, 0.05) is 18.8 Å². The van der Waals surface area contributed by atoms with Crippen molar-refractivity contribution in [2.75, 3.05) is 18.6 Å². The van der Waals surface area contributed by atoms with Crippen molar-refractivity contribution in [1.82, 2.24) is 20.3 Å². The second-order valence-corrected chi connectivity index (χ2v) is 7.34. The Kier molecular flexibility index (Phi) is 5.51. The molecule has 0 saturated heterocycles. The van der Waals surface area contributed by atoms with Crippen molar-refractivity contribution < 1.29 is 18.7 Å². The summed E-state index contributed by atoms with van der Waals surface area (Å²) in [6.07, 6.45) is 2.76. The fourth-order valence-corrected chi connectivity index (χ4v) is 3.33. The number of fused-ring (bicyclic) bond motifs is 1. The molecule has 3 heterocycles. The van der Waals surface area contributed by atoms with E-state index < -0.39 is 23.7 Å². The molecule has 1 aliphatic rings. The molecule has 0 fully saturated rings. The minimum atomic E-state index is -0.995. The highest BCUT2D eigenvalue weighted by Crippen LogP contribution is 2.29. The number of aromatic nitrogens is 3. The van der Waals surface area contributed by atoms with Crippen LogP contribution in [0.5, 0.6) is 5.75 Å². The number of hydrogen-bond acceptors (Lipinski definition) is 6. The molecule has 4 rings (SSSR count). The van der Waals surface area contributed by atoms with Crippen LogP contribution in [0.4, 0.5) is 10.2 Å². The molecule has 3 aromatic rings. The smallest absolute Gasteiger partial charge is 0.289 e. The van der Waals surface area contributed by atoms with E-state index in [2.05, 4.69) is 20.3 Å². The summed E-state index contributed by atoms with van der Waals surface area (Å²) in [7, 11) is 1.54. The minimum absolute atomic E-state index is 0.0801. The van der Waals surface area contributed by atoms with Gasteiger partial charge in [0.2, 0.25) is 5.82 Å². The maximum Gasteiger partial charge on any atom is 0.289 e. The van der Waals surface area contributed by atoms with Gasteiger partial charge in [-0.1, -0.05) is 17.7 Å². The van der Waals surface area contributed by atoms with Gasteiger partial charge in [-0.3, -0.25) is 14.5 Å². The van der Waals surface area contributed by atoms with E-state index in [1.165, 1.54) is 29.4 Å². The summed E-state index contributed by atoms with van der Waals surface area (Å²) in [5, 5.41) is 2.66. The Morgan fingerprint density at radius 1 is 1.32 bits per heavy atom. The van der Waals surface area contributed by atoms with Crippen LogP contribution in [0.2, 0.25) is 5.02 Å². The average Bonchev–Trinajstić information content (AvgIpc) is 2.87. The van der Waals surface area contributed by atoms with Crippen LogP contribution in [0.3, 0.4) is 0 Å². The van der Waals surface area contributed by atoms with Crippen molar-refractivity contribution in [2.45, 2.75) is 13.0 Å². The Labute approximate surface area is 182 Å². The molecule has 0 spiro atoms. The van der Waals surface area contributed by atoms with Gasteiger partial charge in [0.05, 0.1) is 16.9 Å². The Balaban J connectivity index is 1.59. The van der Waals surface area contributed by atoms with Crippen LogP contribution >= 0.6 is 11.6 Å². The van der Waals surface area contributed by atoms with E-state index in [-0.39, 0.29) is 28.7 Å². The summed E-state index contributed by atoms with van der Waals surface area (Å²) in [4.78, 5) is 39.1. The molecule has 2 amide bonds. The molecule has 0 unspecified atom stereocenters. The molecular formula is C21H17ClFN5O3. The normalized spacial score (nSPS) is 15.7. The third-order valence-corrected chi connectivity index (χ3v) is 5.01. The van der Waals surface area contributed by atoms with E-state index in [1.54, 1.807) is 32.2 Å². The summed E-state index contributed by atoms with van der Waals surface area (Å²) < 4.78 is 20.0. The topological polar surface area (TPSA) is 97.3 Å². The Morgan fingerprint density at radius 2 is 2.13 bits per heavy atom. The number of nitrogens with one attached hydrogen (secondary N) is 1. The second-order valence-electron chi connectivity index (χ2n) is 6.93. The van der Waals surface area contributed by atoms with Crippen molar-refractivity contribution in [1.29, 1.82) is 0 Å². The van der Waals surface area contributed by atoms with Gasteiger partial charge in [0.15, 0.2) is 11.6 Å². The molecule has 1 atom stereocenters. The largest absolute Gasteiger partial charge is 0.487 e. The molecule has 0 bridgehead atoms. The molecule has 1 aromatic carbocycles. The van der Waals surface area contributed by atoms with Crippen LogP contribution in [0.25, 0.3) is 11.3 Å². The zero-order valence-corrected chi connectivity index (χ0v) is 17.4. The fraction of sp³-hybridized carbons (Fsp3) is 0.190. The minimum Gasteiger partial charge on any atom is -0.487 e. The Morgan fingerprint density at radius 3 is 2.90 bits per heavy atom. The highest BCUT2D eigenvalue weighted by molar-refractivity contribution is 6.33. The molecule has 158 valence electrons. The number of hydrogen-bond donors (Lipinski definition) is 1. The van der Waals surface area contributed by atoms with Crippen LogP contribution in [0.15, 0.2) is 42.7 Å². The lowest BCUT2D eigenvalue weighted by atomic mass is 10.1. The highest BCUT2D eigenvalue weighted by Gasteiger charge is 2.32. The predicted octanol–water partition coefficient (Wildman–Crippen LogP) is 2.79. The van der Waals surface area contributed by atoms with Crippen molar-refractivity contribution in [3.8, 4) is 17.0 Å². The number of ether oxygens (including phenoxy) is 1. The van der Waals surface area contributed by atoms with E-state index in [1.807, 2.05) is 0 Å². The number of halogens is 2. The molecule has 0 radical (unpaired) electrons. The van der Waals surface area contributed by atoms with Crippen LogP contribution in [0.1, 0.15) is 16.2 Å². The zero-order valence-electron chi connectivity index (χ0n) is 16.6. The summed E-state index contributed by atoms with van der Waals surface area (Å²) in [6.45, 7) is 1.66. The number of pyridine rings is 1. The lowest BCUT2D eigenvalue weighted by Gasteiger charge is -2.19. The highest BCUT2D eigenvalue weighted by atomic mass is 35.5. The van der Waals surface area contributed by atoms with Gasteiger partial charge >= 0.3 is 0 Å². The first-order valence-electron chi connectivity index (χ1n) is 9.30. The summed E-state index contributed by atoms with van der Waals surface area (Å²) >= 11 is 6.14. The number of likely N-dealkylation sites (N-methyl/N-ethyl adjacent to an activating group) is 1. The van der Waals surface area contributed by atoms with Gasteiger partial charge in [-0.25, -0.2) is 19.3 Å². The van der Waals surface area contributed by atoms with Crippen molar-refractivity contribution in [2.24, 2.45) is 0 Å². The lowest BCUT2D eigenvalue weighted by Crippen LogP contribution is -2.49. The standard InChI is InChI=1S/C21H17ClFN5O3/c1-11-5-6-12(14(23)8-11)17-13(22)9-25-18(27-17)20(29)26-15-10-31-16-4-3-7-24-19(16)28(2)21(15)30/h3-9,15H,10H2,1-2H3,(H,26,29)/t15-/m0/s1. The lowest BCUT2D eigenvalue weighted by molar-refractivity contribution is -0.120. The second kappa shape index (κ2) is 8.27. The van der Waals surface area contributed by atoms with Crippen LogP contribution in [0, 0.1) is 12.7 Å². The number of carbonyl (C=O) groups excluding carboxylic acids is 2. The molecule has 1 aliphatic heterocycles. The van der Waals surface area contributed by atoms with E-state index in [9.17, 15) is 14.0 Å². The van der Waals surface area contributed by atoms with Crippen LogP contribution in [-0.4, -0.2) is 46.5 Å².